The first-order valence-corrected chi connectivity index (χ1v) is 11.6. The largest absolute Gasteiger partial charge is 0.493 e. The zero-order valence-electron chi connectivity index (χ0n) is 17.4. The van der Waals surface area contributed by atoms with E-state index in [1.165, 1.54) is 0 Å². The minimum Gasteiger partial charge on any atom is -0.493 e. The number of carbonyl (C=O) groups is 1. The first-order valence-electron chi connectivity index (χ1n) is 10.7. The van der Waals surface area contributed by atoms with E-state index in [1.54, 1.807) is 19.3 Å². The Morgan fingerprint density at radius 3 is 2.80 bits per heavy atom. The molecule has 0 aromatic heterocycles. The molecule has 0 unspecified atom stereocenters. The molecule has 6 atom stereocenters. The molecule has 0 bridgehead atoms. The lowest BCUT2D eigenvalue weighted by molar-refractivity contribution is -0.137. The lowest BCUT2D eigenvalue weighted by Crippen LogP contribution is -2.27. The second-order valence-electron chi connectivity index (χ2n) is 8.12. The SMILES string of the molecule is COc1ccccc1OC[C@H](O)C=C[C@@H]1[C@H]2CC[C@H](CCCC(=O)O)S[C@H]2C[C@H]1O. The number of carboxylic acids is 1. The summed E-state index contributed by atoms with van der Waals surface area (Å²) in [5.41, 5.74) is 0. The van der Waals surface area contributed by atoms with Crippen molar-refractivity contribution in [3.8, 4) is 11.5 Å². The van der Waals surface area contributed by atoms with Crippen molar-refractivity contribution in [2.45, 2.75) is 61.2 Å². The number of benzene rings is 1. The monoisotopic (exact) mass is 436 g/mol. The van der Waals surface area contributed by atoms with E-state index in [2.05, 4.69) is 0 Å². The van der Waals surface area contributed by atoms with Crippen LogP contribution >= 0.6 is 11.8 Å². The van der Waals surface area contributed by atoms with Gasteiger partial charge in [-0.2, -0.15) is 11.8 Å². The lowest BCUT2D eigenvalue weighted by atomic mass is 9.88. The smallest absolute Gasteiger partial charge is 0.303 e. The van der Waals surface area contributed by atoms with E-state index in [1.807, 2.05) is 36.0 Å². The summed E-state index contributed by atoms with van der Waals surface area (Å²) in [5, 5.41) is 30.6. The van der Waals surface area contributed by atoms with Crippen molar-refractivity contribution in [1.29, 1.82) is 0 Å². The fraction of sp³-hybridized carbons (Fsp3) is 0.609. The Balaban J connectivity index is 1.48. The zero-order valence-corrected chi connectivity index (χ0v) is 18.2. The van der Waals surface area contributed by atoms with Crippen LogP contribution in [0.5, 0.6) is 11.5 Å². The molecular formula is C23H32O6S. The molecule has 3 rings (SSSR count). The summed E-state index contributed by atoms with van der Waals surface area (Å²) >= 11 is 1.92. The van der Waals surface area contributed by atoms with Crippen LogP contribution < -0.4 is 9.47 Å². The van der Waals surface area contributed by atoms with Crippen molar-refractivity contribution in [2.24, 2.45) is 11.8 Å². The number of ether oxygens (including phenoxy) is 2. The van der Waals surface area contributed by atoms with Gasteiger partial charge in [-0.1, -0.05) is 24.3 Å². The van der Waals surface area contributed by atoms with E-state index < -0.39 is 18.2 Å². The van der Waals surface area contributed by atoms with Gasteiger partial charge in [-0.15, -0.1) is 0 Å². The Kier molecular flexibility index (Phi) is 8.48. The van der Waals surface area contributed by atoms with Gasteiger partial charge in [0.25, 0.3) is 0 Å². The van der Waals surface area contributed by atoms with Crippen molar-refractivity contribution in [3.05, 3.63) is 36.4 Å². The highest BCUT2D eigenvalue weighted by Crippen LogP contribution is 2.49. The summed E-state index contributed by atoms with van der Waals surface area (Å²) in [5.74, 6) is 0.928. The molecule has 1 saturated heterocycles. The number of carboxylic acid groups (broad SMARTS) is 1. The van der Waals surface area contributed by atoms with Crippen molar-refractivity contribution in [1.82, 2.24) is 0 Å². The molecule has 1 aromatic carbocycles. The summed E-state index contributed by atoms with van der Waals surface area (Å²) in [6.07, 6.45) is 7.25. The molecule has 1 heterocycles. The van der Waals surface area contributed by atoms with Crippen LogP contribution in [0.25, 0.3) is 0 Å². The van der Waals surface area contributed by atoms with Crippen LogP contribution in [0.3, 0.4) is 0 Å². The Bertz CT molecular complexity index is 723. The molecule has 166 valence electrons. The fourth-order valence-electron chi connectivity index (χ4n) is 4.52. The van der Waals surface area contributed by atoms with Gasteiger partial charge in [0.15, 0.2) is 11.5 Å². The Morgan fingerprint density at radius 1 is 1.30 bits per heavy atom. The normalized spacial score (nSPS) is 29.5. The molecule has 2 aliphatic rings. The summed E-state index contributed by atoms with van der Waals surface area (Å²) in [4.78, 5) is 10.7. The third kappa shape index (κ3) is 6.15. The number of aliphatic hydroxyl groups is 2. The number of para-hydroxylation sites is 2. The third-order valence-electron chi connectivity index (χ3n) is 6.03. The molecule has 3 N–H and O–H groups in total. The van der Waals surface area contributed by atoms with Crippen LogP contribution in [-0.2, 0) is 4.79 Å². The van der Waals surface area contributed by atoms with E-state index in [9.17, 15) is 15.0 Å². The summed E-state index contributed by atoms with van der Waals surface area (Å²) in [6.45, 7) is 0.119. The molecule has 30 heavy (non-hydrogen) atoms. The average molecular weight is 437 g/mol. The number of rotatable bonds is 10. The number of thioether (sulfide) groups is 1. The van der Waals surface area contributed by atoms with Crippen LogP contribution in [-0.4, -0.2) is 57.7 Å². The predicted octanol–water partition coefficient (Wildman–Crippen LogP) is 3.51. The standard InChI is InChI=1S/C23H32O6S/c1-28-20-6-2-3-7-21(20)29-14-15(24)9-11-17-18-12-10-16(5-4-8-23(26)27)30-22(18)13-19(17)25/h2-3,6-7,9,11,15-19,22,24-25H,4-5,8,10,12-14H2,1H3,(H,26,27)/t15-,16+,17-,18-,19-,22+/m1/s1. The van der Waals surface area contributed by atoms with Crippen molar-refractivity contribution in [2.75, 3.05) is 13.7 Å². The number of methoxy groups -OCH3 is 1. The van der Waals surface area contributed by atoms with E-state index in [4.69, 9.17) is 14.6 Å². The average Bonchev–Trinajstić information content (AvgIpc) is 3.04. The van der Waals surface area contributed by atoms with Gasteiger partial charge in [0, 0.05) is 22.8 Å². The van der Waals surface area contributed by atoms with Gasteiger partial charge in [0.1, 0.15) is 12.7 Å². The number of aliphatic hydroxyl groups excluding tert-OH is 2. The molecule has 0 radical (unpaired) electrons. The molecule has 1 saturated carbocycles. The van der Waals surface area contributed by atoms with Gasteiger partial charge >= 0.3 is 5.97 Å². The molecule has 1 aliphatic heterocycles. The van der Waals surface area contributed by atoms with Crippen LogP contribution in [0.1, 0.15) is 38.5 Å². The van der Waals surface area contributed by atoms with Gasteiger partial charge in [0.2, 0.25) is 0 Å². The third-order valence-corrected chi connectivity index (χ3v) is 7.78. The van der Waals surface area contributed by atoms with Crippen LogP contribution in [0, 0.1) is 11.8 Å². The predicted molar refractivity (Wildman–Crippen MR) is 117 cm³/mol. The number of hydrogen-bond donors (Lipinski definition) is 3. The molecule has 1 aliphatic carbocycles. The topological polar surface area (TPSA) is 96.2 Å². The van der Waals surface area contributed by atoms with Gasteiger partial charge in [-0.3, -0.25) is 4.79 Å². The van der Waals surface area contributed by atoms with Crippen LogP contribution in [0.4, 0.5) is 0 Å². The molecule has 1 aromatic rings. The highest BCUT2D eigenvalue weighted by Gasteiger charge is 2.44. The fourth-order valence-corrected chi connectivity index (χ4v) is 6.42. The van der Waals surface area contributed by atoms with Crippen LogP contribution in [0.15, 0.2) is 36.4 Å². The van der Waals surface area contributed by atoms with E-state index >= 15 is 0 Å². The summed E-state index contributed by atoms with van der Waals surface area (Å²) in [7, 11) is 1.58. The molecule has 0 amide bonds. The van der Waals surface area contributed by atoms with Crippen LogP contribution in [0.2, 0.25) is 0 Å². The summed E-state index contributed by atoms with van der Waals surface area (Å²) < 4.78 is 10.9. The molecule has 2 fully saturated rings. The Morgan fingerprint density at radius 2 is 2.07 bits per heavy atom. The Hall–Kier alpha value is -1.70. The minimum absolute atomic E-state index is 0.0448. The second kappa shape index (κ2) is 11.1. The highest BCUT2D eigenvalue weighted by molar-refractivity contribution is 8.00. The van der Waals surface area contributed by atoms with Crippen molar-refractivity contribution in [3.63, 3.8) is 0 Å². The zero-order chi connectivity index (χ0) is 21.5. The molecular weight excluding hydrogens is 404 g/mol. The highest BCUT2D eigenvalue weighted by atomic mass is 32.2. The van der Waals surface area contributed by atoms with E-state index in [-0.39, 0.29) is 18.9 Å². The maximum absolute atomic E-state index is 10.7. The van der Waals surface area contributed by atoms with Gasteiger partial charge in [0.05, 0.1) is 13.2 Å². The van der Waals surface area contributed by atoms with Gasteiger partial charge in [-0.05, 0) is 50.2 Å². The first-order chi connectivity index (χ1) is 14.5. The van der Waals surface area contributed by atoms with E-state index in [0.717, 1.165) is 25.7 Å². The quantitative estimate of drug-likeness (QED) is 0.483. The summed E-state index contributed by atoms with van der Waals surface area (Å²) in [6, 6.07) is 7.32. The second-order valence-corrected chi connectivity index (χ2v) is 9.66. The number of hydrogen-bond acceptors (Lipinski definition) is 6. The Labute approximate surface area is 182 Å². The number of fused-ring (bicyclic) bond motifs is 1. The van der Waals surface area contributed by atoms with Gasteiger partial charge in [-0.25, -0.2) is 0 Å². The van der Waals surface area contributed by atoms with E-state index in [0.29, 0.717) is 34.3 Å². The van der Waals surface area contributed by atoms with Crippen molar-refractivity contribution < 1.29 is 29.6 Å². The molecule has 0 spiro atoms. The molecule has 7 heteroatoms. The van der Waals surface area contributed by atoms with Crippen molar-refractivity contribution >= 4 is 17.7 Å². The molecule has 6 nitrogen and oxygen atoms in total. The maximum atomic E-state index is 10.7. The lowest BCUT2D eigenvalue weighted by Gasteiger charge is -2.33. The maximum Gasteiger partial charge on any atom is 0.303 e. The van der Waals surface area contributed by atoms with Gasteiger partial charge < -0.3 is 24.8 Å². The first kappa shape index (κ1) is 23.0. The minimum atomic E-state index is -0.763. The number of aliphatic carboxylic acids is 1.